The molecule has 2 aromatic rings. The fourth-order valence-electron chi connectivity index (χ4n) is 2.33. The van der Waals surface area contributed by atoms with Crippen molar-refractivity contribution in [3.63, 3.8) is 0 Å². The molecule has 2 aromatic carbocycles. The Hall–Kier alpha value is -2.13. The molecular weight excluding hydrogens is 260 g/mol. The van der Waals surface area contributed by atoms with Crippen LogP contribution in [0.3, 0.4) is 0 Å². The van der Waals surface area contributed by atoms with Crippen LogP contribution in [0.15, 0.2) is 42.5 Å². The summed E-state index contributed by atoms with van der Waals surface area (Å²) < 4.78 is 0. The molecule has 0 heterocycles. The van der Waals surface area contributed by atoms with Crippen molar-refractivity contribution in [1.82, 2.24) is 5.32 Å². The lowest BCUT2D eigenvalue weighted by Gasteiger charge is -2.17. The first kappa shape index (κ1) is 15.3. The number of hydrogen-bond donors (Lipinski definition) is 2. The Balaban J connectivity index is 2.30. The van der Waals surface area contributed by atoms with E-state index in [9.17, 15) is 4.79 Å². The molecule has 3 heteroatoms. The molecule has 0 fully saturated rings. The van der Waals surface area contributed by atoms with Crippen molar-refractivity contribution in [3.8, 4) is 0 Å². The standard InChI is InChI=1S/C18H22N2O/c1-12-8-7-10-15(13(12)2)18(21)20-17-11-6-5-9-16(17)14(3)19-4/h5-11,14,19H,1-4H3,(H,20,21). The smallest absolute Gasteiger partial charge is 0.255 e. The second-order valence-electron chi connectivity index (χ2n) is 5.30. The van der Waals surface area contributed by atoms with E-state index >= 15 is 0 Å². The molecule has 3 nitrogen and oxygen atoms in total. The van der Waals surface area contributed by atoms with E-state index in [4.69, 9.17) is 0 Å². The fraction of sp³-hybridized carbons (Fsp3) is 0.278. The third kappa shape index (κ3) is 3.31. The van der Waals surface area contributed by atoms with Crippen LogP contribution in [0.4, 0.5) is 5.69 Å². The van der Waals surface area contributed by atoms with Gasteiger partial charge >= 0.3 is 0 Å². The molecule has 21 heavy (non-hydrogen) atoms. The molecule has 2 rings (SSSR count). The van der Waals surface area contributed by atoms with Gasteiger partial charge in [-0.1, -0.05) is 30.3 Å². The largest absolute Gasteiger partial charge is 0.322 e. The third-order valence-corrected chi connectivity index (χ3v) is 3.96. The van der Waals surface area contributed by atoms with E-state index in [0.29, 0.717) is 0 Å². The van der Waals surface area contributed by atoms with Gasteiger partial charge in [-0.2, -0.15) is 0 Å². The maximum absolute atomic E-state index is 12.5. The predicted octanol–water partition coefficient (Wildman–Crippen LogP) is 3.84. The molecule has 0 spiro atoms. The Bertz CT molecular complexity index is 649. The molecule has 1 unspecified atom stereocenters. The van der Waals surface area contributed by atoms with Gasteiger partial charge in [0.15, 0.2) is 0 Å². The van der Waals surface area contributed by atoms with Crippen molar-refractivity contribution >= 4 is 11.6 Å². The molecule has 2 N–H and O–H groups in total. The van der Waals surface area contributed by atoms with Crippen molar-refractivity contribution in [1.29, 1.82) is 0 Å². The molecule has 0 aliphatic carbocycles. The number of benzene rings is 2. The van der Waals surface area contributed by atoms with Crippen molar-refractivity contribution < 1.29 is 4.79 Å². The van der Waals surface area contributed by atoms with Crippen molar-refractivity contribution in [2.24, 2.45) is 0 Å². The molecule has 0 bridgehead atoms. The quantitative estimate of drug-likeness (QED) is 0.894. The molecular formula is C18H22N2O. The molecule has 1 amide bonds. The molecule has 0 aliphatic rings. The van der Waals surface area contributed by atoms with Gasteiger partial charge < -0.3 is 10.6 Å². The summed E-state index contributed by atoms with van der Waals surface area (Å²) in [4.78, 5) is 12.5. The van der Waals surface area contributed by atoms with Crippen molar-refractivity contribution in [2.45, 2.75) is 26.8 Å². The van der Waals surface area contributed by atoms with Crippen LogP contribution in [0.2, 0.25) is 0 Å². The number of carbonyl (C=O) groups is 1. The molecule has 0 saturated carbocycles. The van der Waals surface area contributed by atoms with Crippen LogP contribution in [0.1, 0.15) is 40.0 Å². The lowest BCUT2D eigenvalue weighted by Crippen LogP contribution is -2.18. The lowest BCUT2D eigenvalue weighted by molar-refractivity contribution is 0.102. The van der Waals surface area contributed by atoms with Gasteiger partial charge in [0, 0.05) is 17.3 Å². The first-order valence-electron chi connectivity index (χ1n) is 7.18. The van der Waals surface area contributed by atoms with Gasteiger partial charge in [0.1, 0.15) is 0 Å². The molecule has 110 valence electrons. The minimum atomic E-state index is -0.0630. The molecule has 0 radical (unpaired) electrons. The zero-order valence-corrected chi connectivity index (χ0v) is 13.0. The summed E-state index contributed by atoms with van der Waals surface area (Å²) >= 11 is 0. The van der Waals surface area contributed by atoms with Crippen LogP contribution in [0.25, 0.3) is 0 Å². The van der Waals surface area contributed by atoms with E-state index in [0.717, 1.165) is 27.9 Å². The van der Waals surface area contributed by atoms with Gasteiger partial charge in [0.25, 0.3) is 5.91 Å². The summed E-state index contributed by atoms with van der Waals surface area (Å²) in [6.45, 7) is 6.07. The molecule has 0 aliphatic heterocycles. The maximum Gasteiger partial charge on any atom is 0.255 e. The summed E-state index contributed by atoms with van der Waals surface area (Å²) in [6, 6.07) is 13.9. The minimum Gasteiger partial charge on any atom is -0.322 e. The second kappa shape index (κ2) is 6.55. The Morgan fingerprint density at radius 2 is 1.76 bits per heavy atom. The Labute approximate surface area is 126 Å². The van der Waals surface area contributed by atoms with Gasteiger partial charge in [-0.15, -0.1) is 0 Å². The van der Waals surface area contributed by atoms with Crippen LogP contribution in [-0.4, -0.2) is 13.0 Å². The lowest BCUT2D eigenvalue weighted by atomic mass is 10.0. The number of hydrogen-bond acceptors (Lipinski definition) is 2. The number of amides is 1. The number of carbonyl (C=O) groups excluding carboxylic acids is 1. The van der Waals surface area contributed by atoms with Gasteiger partial charge in [-0.25, -0.2) is 0 Å². The van der Waals surface area contributed by atoms with Gasteiger partial charge in [0.05, 0.1) is 0 Å². The number of anilines is 1. The highest BCUT2D eigenvalue weighted by molar-refractivity contribution is 6.05. The van der Waals surface area contributed by atoms with Crippen molar-refractivity contribution in [2.75, 3.05) is 12.4 Å². The highest BCUT2D eigenvalue weighted by Gasteiger charge is 2.14. The van der Waals surface area contributed by atoms with E-state index in [1.807, 2.05) is 63.4 Å². The molecule has 1 atom stereocenters. The molecule has 0 aromatic heterocycles. The summed E-state index contributed by atoms with van der Waals surface area (Å²) in [5.41, 5.74) is 4.81. The summed E-state index contributed by atoms with van der Waals surface area (Å²) in [5.74, 6) is -0.0630. The van der Waals surface area contributed by atoms with E-state index in [1.165, 1.54) is 0 Å². The van der Waals surface area contributed by atoms with Gasteiger partial charge in [-0.3, -0.25) is 4.79 Å². The summed E-state index contributed by atoms with van der Waals surface area (Å²) in [5, 5.41) is 6.23. The van der Waals surface area contributed by atoms with E-state index in [-0.39, 0.29) is 11.9 Å². The highest BCUT2D eigenvalue weighted by atomic mass is 16.1. The average molecular weight is 282 g/mol. The Morgan fingerprint density at radius 1 is 1.05 bits per heavy atom. The predicted molar refractivity (Wildman–Crippen MR) is 87.8 cm³/mol. The van der Waals surface area contributed by atoms with Gasteiger partial charge in [-0.05, 0) is 56.6 Å². The highest BCUT2D eigenvalue weighted by Crippen LogP contribution is 2.23. The number of rotatable bonds is 4. The Morgan fingerprint density at radius 3 is 2.48 bits per heavy atom. The first-order chi connectivity index (χ1) is 10.0. The first-order valence-corrected chi connectivity index (χ1v) is 7.18. The van der Waals surface area contributed by atoms with E-state index in [2.05, 4.69) is 17.6 Å². The zero-order valence-electron chi connectivity index (χ0n) is 13.0. The summed E-state index contributed by atoms with van der Waals surface area (Å²) in [7, 11) is 1.91. The Kier molecular flexibility index (Phi) is 4.76. The van der Waals surface area contributed by atoms with Gasteiger partial charge in [0.2, 0.25) is 0 Å². The van der Waals surface area contributed by atoms with Crippen LogP contribution >= 0.6 is 0 Å². The van der Waals surface area contributed by atoms with E-state index in [1.54, 1.807) is 0 Å². The number of nitrogens with one attached hydrogen (secondary N) is 2. The normalized spacial score (nSPS) is 12.0. The SMILES string of the molecule is CNC(C)c1ccccc1NC(=O)c1cccc(C)c1C. The van der Waals surface area contributed by atoms with Crippen LogP contribution in [-0.2, 0) is 0 Å². The minimum absolute atomic E-state index is 0.0630. The zero-order chi connectivity index (χ0) is 15.4. The van der Waals surface area contributed by atoms with E-state index < -0.39 is 0 Å². The van der Waals surface area contributed by atoms with Crippen LogP contribution < -0.4 is 10.6 Å². The maximum atomic E-state index is 12.5. The summed E-state index contributed by atoms with van der Waals surface area (Å²) in [6.07, 6.45) is 0. The van der Waals surface area contributed by atoms with Crippen molar-refractivity contribution in [3.05, 3.63) is 64.7 Å². The third-order valence-electron chi connectivity index (χ3n) is 3.96. The monoisotopic (exact) mass is 282 g/mol. The van der Waals surface area contributed by atoms with Crippen LogP contribution in [0.5, 0.6) is 0 Å². The topological polar surface area (TPSA) is 41.1 Å². The average Bonchev–Trinajstić information content (AvgIpc) is 2.49. The second-order valence-corrected chi connectivity index (χ2v) is 5.30. The number of aryl methyl sites for hydroxylation is 1. The number of para-hydroxylation sites is 1. The molecule has 0 saturated heterocycles. The van der Waals surface area contributed by atoms with Crippen LogP contribution in [0, 0.1) is 13.8 Å². The fourth-order valence-corrected chi connectivity index (χ4v) is 2.33.